The molecule has 0 amide bonds. The number of ether oxygens (including phenoxy) is 1. The Kier molecular flexibility index (Phi) is 4.60. The molecule has 0 spiro atoms. The van der Waals surface area contributed by atoms with E-state index < -0.39 is 0 Å². The number of nitriles is 1. The summed E-state index contributed by atoms with van der Waals surface area (Å²) in [6.45, 7) is 3.95. The first kappa shape index (κ1) is 20.6. The Hall–Kier alpha value is -4.32. The van der Waals surface area contributed by atoms with Crippen molar-refractivity contribution in [2.45, 2.75) is 26.4 Å². The molecular formula is C24H23N7O2. The van der Waals surface area contributed by atoms with E-state index in [2.05, 4.69) is 16.2 Å². The molecular weight excluding hydrogens is 418 g/mol. The van der Waals surface area contributed by atoms with Crippen LogP contribution in [0.3, 0.4) is 0 Å². The van der Waals surface area contributed by atoms with Gasteiger partial charge in [0.2, 0.25) is 0 Å². The van der Waals surface area contributed by atoms with E-state index in [4.69, 9.17) is 10.5 Å². The minimum Gasteiger partial charge on any atom is -0.482 e. The Morgan fingerprint density at radius 3 is 2.79 bits per heavy atom. The van der Waals surface area contributed by atoms with Crippen LogP contribution in [-0.2, 0) is 20.5 Å². The number of hydrogen-bond donors (Lipinski definition) is 1. The lowest BCUT2D eigenvalue weighted by Crippen LogP contribution is -2.21. The molecule has 1 aliphatic heterocycles. The molecule has 1 atom stereocenters. The summed E-state index contributed by atoms with van der Waals surface area (Å²) < 4.78 is 11.3. The summed E-state index contributed by atoms with van der Waals surface area (Å²) in [5, 5.41) is 14.5. The summed E-state index contributed by atoms with van der Waals surface area (Å²) in [5.74, 6) is 0.684. The van der Waals surface area contributed by atoms with Crippen molar-refractivity contribution in [3.05, 3.63) is 75.1 Å². The number of fused-ring (bicyclic) bond motifs is 7. The maximum Gasteiger partial charge on any atom is 0.266 e. The van der Waals surface area contributed by atoms with Gasteiger partial charge in [0, 0.05) is 49.5 Å². The number of benzene rings is 1. The van der Waals surface area contributed by atoms with Crippen molar-refractivity contribution in [2.24, 2.45) is 14.1 Å². The second-order valence-electron chi connectivity index (χ2n) is 8.32. The van der Waals surface area contributed by atoms with Gasteiger partial charge in [-0.15, -0.1) is 0 Å². The normalized spacial score (nSPS) is 14.7. The summed E-state index contributed by atoms with van der Waals surface area (Å²) in [4.78, 5) is 17.1. The van der Waals surface area contributed by atoms with Crippen molar-refractivity contribution in [3.8, 4) is 28.6 Å². The quantitative estimate of drug-likeness (QED) is 0.448. The first-order valence-electron chi connectivity index (χ1n) is 10.6. The van der Waals surface area contributed by atoms with E-state index in [0.29, 0.717) is 34.7 Å². The third-order valence-corrected chi connectivity index (χ3v) is 6.08. The van der Waals surface area contributed by atoms with Crippen LogP contribution in [0.4, 0.5) is 5.82 Å². The smallest absolute Gasteiger partial charge is 0.266 e. The van der Waals surface area contributed by atoms with Gasteiger partial charge in [0.25, 0.3) is 5.56 Å². The van der Waals surface area contributed by atoms with Gasteiger partial charge in [0.1, 0.15) is 17.9 Å². The second-order valence-corrected chi connectivity index (χ2v) is 8.32. The SMILES string of the molecule is Cc1ccc2c(c1)[C@@H](C)Oc1cc(cnc1N)-c1c(nn(C)c1C#N)Cc1cc(=O)n(C)n1-2. The maximum absolute atomic E-state index is 12.7. The largest absolute Gasteiger partial charge is 0.482 e. The third kappa shape index (κ3) is 3.19. The van der Waals surface area contributed by atoms with Crippen LogP contribution in [0.15, 0.2) is 41.3 Å². The van der Waals surface area contributed by atoms with Gasteiger partial charge in [0.05, 0.1) is 17.1 Å². The van der Waals surface area contributed by atoms with Crippen molar-refractivity contribution in [2.75, 3.05) is 5.73 Å². The molecule has 5 rings (SSSR count). The fraction of sp³-hybridized carbons (Fsp3) is 0.250. The molecule has 0 fully saturated rings. The summed E-state index contributed by atoms with van der Waals surface area (Å²) in [6, 6.07) is 11.7. The van der Waals surface area contributed by atoms with E-state index >= 15 is 0 Å². The summed E-state index contributed by atoms with van der Waals surface area (Å²) in [6.07, 6.45) is 1.59. The van der Waals surface area contributed by atoms with Crippen LogP contribution in [0.2, 0.25) is 0 Å². The topological polar surface area (TPSA) is 117 Å². The van der Waals surface area contributed by atoms with Crippen LogP contribution >= 0.6 is 0 Å². The lowest BCUT2D eigenvalue weighted by molar-refractivity contribution is 0.227. The Balaban J connectivity index is 1.88. The number of anilines is 1. The van der Waals surface area contributed by atoms with Crippen molar-refractivity contribution in [3.63, 3.8) is 0 Å². The number of nitrogens with two attached hydrogens (primary N) is 1. The van der Waals surface area contributed by atoms with Crippen LogP contribution in [0.5, 0.6) is 5.75 Å². The zero-order chi connectivity index (χ0) is 23.4. The summed E-state index contributed by atoms with van der Waals surface area (Å²) >= 11 is 0. The van der Waals surface area contributed by atoms with Crippen molar-refractivity contribution in [1.29, 1.82) is 5.26 Å². The molecule has 2 N–H and O–H groups in total. The van der Waals surface area contributed by atoms with Crippen molar-refractivity contribution >= 4 is 5.82 Å². The van der Waals surface area contributed by atoms with Crippen LogP contribution in [0.25, 0.3) is 16.8 Å². The van der Waals surface area contributed by atoms with Crippen molar-refractivity contribution in [1.82, 2.24) is 24.1 Å². The number of nitrogens with zero attached hydrogens (tertiary/aromatic N) is 6. The van der Waals surface area contributed by atoms with E-state index in [1.165, 1.54) is 0 Å². The first-order valence-corrected chi connectivity index (χ1v) is 10.6. The molecule has 0 radical (unpaired) electrons. The minimum atomic E-state index is -0.382. The Morgan fingerprint density at radius 2 is 2.03 bits per heavy atom. The maximum atomic E-state index is 12.7. The van der Waals surface area contributed by atoms with Gasteiger partial charge in [0.15, 0.2) is 11.6 Å². The molecule has 2 bridgehead atoms. The monoisotopic (exact) mass is 441 g/mol. The highest BCUT2D eigenvalue weighted by atomic mass is 16.5. The number of pyridine rings is 1. The second kappa shape index (κ2) is 7.38. The number of hydrogen-bond acceptors (Lipinski definition) is 6. The predicted molar refractivity (Wildman–Crippen MR) is 123 cm³/mol. The van der Waals surface area contributed by atoms with Crippen LogP contribution in [0, 0.1) is 18.3 Å². The van der Waals surface area contributed by atoms with Crippen LogP contribution < -0.4 is 16.0 Å². The zero-order valence-corrected chi connectivity index (χ0v) is 18.8. The predicted octanol–water partition coefficient (Wildman–Crippen LogP) is 2.78. The third-order valence-electron chi connectivity index (χ3n) is 6.08. The highest BCUT2D eigenvalue weighted by molar-refractivity contribution is 5.74. The molecule has 3 aromatic heterocycles. The van der Waals surface area contributed by atoms with Crippen molar-refractivity contribution < 1.29 is 4.74 Å². The van der Waals surface area contributed by atoms with Gasteiger partial charge >= 0.3 is 0 Å². The standard InChI is InChI=1S/C24H23N7O2/c1-13-5-6-19-17(7-13)14(2)33-21-8-15(12-27-24(21)26)23-18(28-29(3)20(23)11-25)9-16-10-22(32)30(4)31(16)19/h5-8,10,12,14H,9H2,1-4H3,(H2,26,27)/t14-/m1/s1. The highest BCUT2D eigenvalue weighted by Crippen LogP contribution is 2.36. The summed E-state index contributed by atoms with van der Waals surface area (Å²) in [7, 11) is 3.46. The lowest BCUT2D eigenvalue weighted by atomic mass is 10.0. The van der Waals surface area contributed by atoms with E-state index in [-0.39, 0.29) is 17.5 Å². The number of aryl methyl sites for hydroxylation is 2. The van der Waals surface area contributed by atoms with Crippen LogP contribution in [-0.4, -0.2) is 24.1 Å². The zero-order valence-electron chi connectivity index (χ0n) is 18.8. The molecule has 4 heterocycles. The Labute approximate surface area is 190 Å². The van der Waals surface area contributed by atoms with E-state index in [9.17, 15) is 10.1 Å². The Bertz CT molecular complexity index is 1520. The molecule has 0 aliphatic carbocycles. The fourth-order valence-electron chi connectivity index (χ4n) is 4.47. The van der Waals surface area contributed by atoms with E-state index in [1.54, 1.807) is 41.8 Å². The molecule has 0 saturated carbocycles. The number of nitrogen functional groups attached to an aromatic ring is 1. The molecule has 9 heteroatoms. The van der Waals surface area contributed by atoms with Gasteiger partial charge in [-0.05, 0) is 26.0 Å². The van der Waals surface area contributed by atoms with Crippen LogP contribution in [0.1, 0.15) is 41.2 Å². The van der Waals surface area contributed by atoms with Gasteiger partial charge in [-0.3, -0.25) is 14.2 Å². The van der Waals surface area contributed by atoms with Gasteiger partial charge in [-0.25, -0.2) is 9.67 Å². The van der Waals surface area contributed by atoms with Gasteiger partial charge < -0.3 is 10.5 Å². The van der Waals surface area contributed by atoms with Gasteiger partial charge in [-0.1, -0.05) is 17.7 Å². The molecule has 166 valence electrons. The molecule has 4 aromatic rings. The average molecular weight is 441 g/mol. The molecule has 0 saturated heterocycles. The molecule has 1 aromatic carbocycles. The minimum absolute atomic E-state index is 0.135. The lowest BCUT2D eigenvalue weighted by Gasteiger charge is -2.23. The van der Waals surface area contributed by atoms with E-state index in [1.807, 2.05) is 36.7 Å². The average Bonchev–Trinajstić information content (AvgIpc) is 3.24. The first-order chi connectivity index (χ1) is 15.8. The van der Waals surface area contributed by atoms with E-state index in [0.717, 1.165) is 22.5 Å². The number of rotatable bonds is 0. The number of aromatic nitrogens is 5. The molecule has 9 nitrogen and oxygen atoms in total. The van der Waals surface area contributed by atoms with Gasteiger partial charge in [-0.2, -0.15) is 10.4 Å². The molecule has 1 aliphatic rings. The molecule has 0 unspecified atom stereocenters. The highest BCUT2D eigenvalue weighted by Gasteiger charge is 2.25. The Morgan fingerprint density at radius 1 is 1.24 bits per heavy atom. The fourth-order valence-corrected chi connectivity index (χ4v) is 4.47. The molecule has 33 heavy (non-hydrogen) atoms. The summed E-state index contributed by atoms with van der Waals surface area (Å²) in [5.41, 5.74) is 12.0.